The quantitative estimate of drug-likeness (QED) is 0.321. The molecule has 2 rings (SSSR count). The highest BCUT2D eigenvalue weighted by Gasteiger charge is 2.00. The standard InChI is InChI=1S/C15H20N4.HI/c1-3-9-17-15(16-4-2)18-11-13-10-12-7-5-6-8-14(12)19-13;/h3,5-8,10,19H,1,4,9,11H2,2H3,(H2,16,17,18);1H. The molecule has 0 radical (unpaired) electrons. The summed E-state index contributed by atoms with van der Waals surface area (Å²) in [6.07, 6.45) is 1.82. The van der Waals surface area contributed by atoms with E-state index < -0.39 is 0 Å². The van der Waals surface area contributed by atoms with Gasteiger partial charge in [0.25, 0.3) is 0 Å². The Morgan fingerprint density at radius 3 is 2.85 bits per heavy atom. The zero-order chi connectivity index (χ0) is 13.5. The smallest absolute Gasteiger partial charge is 0.191 e. The van der Waals surface area contributed by atoms with Gasteiger partial charge in [0.1, 0.15) is 0 Å². The van der Waals surface area contributed by atoms with Crippen LogP contribution in [-0.4, -0.2) is 24.0 Å². The highest BCUT2D eigenvalue weighted by molar-refractivity contribution is 14.0. The minimum Gasteiger partial charge on any atom is -0.357 e. The summed E-state index contributed by atoms with van der Waals surface area (Å²) in [5.41, 5.74) is 2.26. The highest BCUT2D eigenvalue weighted by Crippen LogP contribution is 2.14. The van der Waals surface area contributed by atoms with Crippen LogP contribution in [0.1, 0.15) is 12.6 Å². The molecule has 20 heavy (non-hydrogen) atoms. The van der Waals surface area contributed by atoms with Gasteiger partial charge in [-0.1, -0.05) is 24.3 Å². The van der Waals surface area contributed by atoms with Crippen molar-refractivity contribution >= 4 is 40.8 Å². The molecule has 1 aromatic heterocycles. The maximum atomic E-state index is 4.53. The molecular formula is C15H21IN4. The lowest BCUT2D eigenvalue weighted by Gasteiger charge is -2.08. The summed E-state index contributed by atoms with van der Waals surface area (Å²) in [6.45, 7) is 7.91. The Morgan fingerprint density at radius 2 is 2.15 bits per heavy atom. The molecule has 0 aliphatic rings. The molecule has 0 aliphatic carbocycles. The fourth-order valence-corrected chi connectivity index (χ4v) is 1.89. The Hall–Kier alpha value is -1.50. The normalized spacial score (nSPS) is 10.9. The molecule has 0 atom stereocenters. The Balaban J connectivity index is 0.00000200. The molecule has 0 saturated carbocycles. The van der Waals surface area contributed by atoms with Gasteiger partial charge in [-0.15, -0.1) is 30.6 Å². The molecule has 0 unspecified atom stereocenters. The Labute approximate surface area is 136 Å². The van der Waals surface area contributed by atoms with Gasteiger partial charge in [0.05, 0.1) is 6.54 Å². The first-order valence-electron chi connectivity index (χ1n) is 6.53. The Morgan fingerprint density at radius 1 is 1.35 bits per heavy atom. The molecule has 5 heteroatoms. The topological polar surface area (TPSA) is 52.2 Å². The number of aromatic amines is 1. The van der Waals surface area contributed by atoms with E-state index in [1.165, 1.54) is 5.39 Å². The summed E-state index contributed by atoms with van der Waals surface area (Å²) in [5.74, 6) is 0.807. The van der Waals surface area contributed by atoms with Crippen LogP contribution in [0.25, 0.3) is 10.9 Å². The second kappa shape index (κ2) is 8.63. The van der Waals surface area contributed by atoms with E-state index in [0.29, 0.717) is 13.1 Å². The molecule has 1 heterocycles. The molecule has 4 nitrogen and oxygen atoms in total. The number of fused-ring (bicyclic) bond motifs is 1. The lowest BCUT2D eigenvalue weighted by molar-refractivity contribution is 0.855. The van der Waals surface area contributed by atoms with Crippen LogP contribution in [0.4, 0.5) is 0 Å². The second-order valence-electron chi connectivity index (χ2n) is 4.25. The number of H-pyrrole nitrogens is 1. The van der Waals surface area contributed by atoms with Crippen LogP contribution in [0, 0.1) is 0 Å². The average molecular weight is 384 g/mol. The van der Waals surface area contributed by atoms with Crippen LogP contribution in [0.5, 0.6) is 0 Å². The predicted octanol–water partition coefficient (Wildman–Crippen LogP) is 3.03. The van der Waals surface area contributed by atoms with Gasteiger partial charge in [0, 0.05) is 24.3 Å². The molecule has 0 fully saturated rings. The molecule has 0 amide bonds. The van der Waals surface area contributed by atoms with Crippen molar-refractivity contribution < 1.29 is 0 Å². The van der Waals surface area contributed by atoms with Gasteiger partial charge in [0.2, 0.25) is 0 Å². The van der Waals surface area contributed by atoms with E-state index >= 15 is 0 Å². The van der Waals surface area contributed by atoms with Crippen LogP contribution in [0.15, 0.2) is 48.0 Å². The number of rotatable bonds is 5. The van der Waals surface area contributed by atoms with Crippen molar-refractivity contribution in [1.82, 2.24) is 15.6 Å². The number of para-hydroxylation sites is 1. The third kappa shape index (κ3) is 4.56. The number of hydrogen-bond donors (Lipinski definition) is 3. The molecule has 1 aromatic carbocycles. The first-order chi connectivity index (χ1) is 9.33. The van der Waals surface area contributed by atoms with Crippen molar-refractivity contribution in [2.45, 2.75) is 13.5 Å². The Kier molecular flexibility index (Phi) is 7.14. The van der Waals surface area contributed by atoms with Crippen LogP contribution in [0.2, 0.25) is 0 Å². The monoisotopic (exact) mass is 384 g/mol. The number of nitrogens with zero attached hydrogens (tertiary/aromatic N) is 1. The summed E-state index contributed by atoms with van der Waals surface area (Å²) in [7, 11) is 0. The van der Waals surface area contributed by atoms with E-state index in [-0.39, 0.29) is 24.0 Å². The number of hydrogen-bond acceptors (Lipinski definition) is 1. The summed E-state index contributed by atoms with van der Waals surface area (Å²) in [6, 6.07) is 10.4. The van der Waals surface area contributed by atoms with E-state index in [4.69, 9.17) is 0 Å². The number of nitrogens with one attached hydrogen (secondary N) is 3. The highest BCUT2D eigenvalue weighted by atomic mass is 127. The van der Waals surface area contributed by atoms with E-state index in [1.54, 1.807) is 0 Å². The van der Waals surface area contributed by atoms with E-state index in [0.717, 1.165) is 23.7 Å². The molecule has 0 saturated heterocycles. The zero-order valence-corrected chi connectivity index (χ0v) is 14.0. The van der Waals surface area contributed by atoms with Crippen molar-refractivity contribution in [3.8, 4) is 0 Å². The number of aromatic nitrogens is 1. The average Bonchev–Trinajstić information content (AvgIpc) is 2.84. The third-order valence-corrected chi connectivity index (χ3v) is 2.75. The van der Waals surface area contributed by atoms with Gasteiger partial charge >= 0.3 is 0 Å². The van der Waals surface area contributed by atoms with Crippen LogP contribution >= 0.6 is 24.0 Å². The fourth-order valence-electron chi connectivity index (χ4n) is 1.89. The van der Waals surface area contributed by atoms with Gasteiger partial charge in [0.15, 0.2) is 5.96 Å². The number of benzene rings is 1. The summed E-state index contributed by atoms with van der Waals surface area (Å²) < 4.78 is 0. The fraction of sp³-hybridized carbons (Fsp3) is 0.267. The molecule has 2 aromatic rings. The van der Waals surface area contributed by atoms with Crippen molar-refractivity contribution in [1.29, 1.82) is 0 Å². The van der Waals surface area contributed by atoms with Crippen molar-refractivity contribution in [2.75, 3.05) is 13.1 Å². The number of aliphatic imine (C=N–C) groups is 1. The molecule has 0 spiro atoms. The molecule has 108 valence electrons. The first-order valence-corrected chi connectivity index (χ1v) is 6.53. The van der Waals surface area contributed by atoms with Crippen molar-refractivity contribution in [3.63, 3.8) is 0 Å². The number of guanidine groups is 1. The van der Waals surface area contributed by atoms with E-state index in [9.17, 15) is 0 Å². The van der Waals surface area contributed by atoms with Gasteiger partial charge < -0.3 is 15.6 Å². The van der Waals surface area contributed by atoms with E-state index in [1.807, 2.05) is 25.1 Å². The summed E-state index contributed by atoms with van der Waals surface area (Å²) >= 11 is 0. The van der Waals surface area contributed by atoms with Gasteiger partial charge in [-0.2, -0.15) is 0 Å². The van der Waals surface area contributed by atoms with Crippen LogP contribution in [-0.2, 0) is 6.54 Å². The van der Waals surface area contributed by atoms with Crippen LogP contribution < -0.4 is 10.6 Å². The second-order valence-corrected chi connectivity index (χ2v) is 4.25. The lowest BCUT2D eigenvalue weighted by atomic mass is 10.2. The maximum absolute atomic E-state index is 4.53. The van der Waals surface area contributed by atoms with Gasteiger partial charge in [-0.3, -0.25) is 0 Å². The summed E-state index contributed by atoms with van der Waals surface area (Å²) in [4.78, 5) is 7.90. The molecule has 0 aliphatic heterocycles. The minimum atomic E-state index is 0. The molecular weight excluding hydrogens is 363 g/mol. The van der Waals surface area contributed by atoms with Gasteiger partial charge in [-0.25, -0.2) is 4.99 Å². The zero-order valence-electron chi connectivity index (χ0n) is 11.6. The predicted molar refractivity (Wildman–Crippen MR) is 96.7 cm³/mol. The summed E-state index contributed by atoms with van der Waals surface area (Å²) in [5, 5.41) is 7.60. The SMILES string of the molecule is C=CCNC(=NCc1cc2ccccc2[nH]1)NCC.I. The number of halogens is 1. The lowest BCUT2D eigenvalue weighted by Crippen LogP contribution is -2.37. The molecule has 3 N–H and O–H groups in total. The largest absolute Gasteiger partial charge is 0.357 e. The first kappa shape index (κ1) is 16.6. The van der Waals surface area contributed by atoms with Crippen molar-refractivity contribution in [3.05, 3.63) is 48.7 Å². The minimum absolute atomic E-state index is 0. The van der Waals surface area contributed by atoms with Crippen molar-refractivity contribution in [2.24, 2.45) is 4.99 Å². The van der Waals surface area contributed by atoms with Gasteiger partial charge in [-0.05, 0) is 24.4 Å². The van der Waals surface area contributed by atoms with E-state index in [2.05, 4.69) is 45.4 Å². The molecule has 0 bridgehead atoms. The Bertz CT molecular complexity index is 541. The third-order valence-electron chi connectivity index (χ3n) is 2.75. The van der Waals surface area contributed by atoms with Crippen LogP contribution in [0.3, 0.4) is 0 Å². The maximum Gasteiger partial charge on any atom is 0.191 e.